The molecule has 6 nitrogen and oxygen atoms in total. The van der Waals surface area contributed by atoms with E-state index in [4.69, 9.17) is 0 Å². The van der Waals surface area contributed by atoms with E-state index < -0.39 is 6.10 Å². The quantitative estimate of drug-likeness (QED) is 0.739. The van der Waals surface area contributed by atoms with Gasteiger partial charge in [0.05, 0.1) is 6.10 Å². The van der Waals surface area contributed by atoms with Crippen LogP contribution in [0, 0.1) is 13.8 Å². The molecular weight excluding hydrogens is 350 g/mol. The van der Waals surface area contributed by atoms with Crippen LogP contribution in [0.1, 0.15) is 30.1 Å². The minimum Gasteiger partial charge on any atom is -0.387 e. The molecule has 3 aromatic rings. The number of aryl methyl sites for hydroxylation is 3. The number of aliphatic hydroxyl groups excluding tert-OH is 1. The molecule has 0 spiro atoms. The Hall–Kier alpha value is -2.44. The van der Waals surface area contributed by atoms with Gasteiger partial charge in [-0.05, 0) is 26.8 Å². The van der Waals surface area contributed by atoms with E-state index in [1.54, 1.807) is 0 Å². The average molecular weight is 380 g/mol. The Morgan fingerprint density at radius 3 is 2.54 bits per heavy atom. The van der Waals surface area contributed by atoms with Crippen molar-refractivity contribution in [1.82, 2.24) is 19.4 Å². The second-order valence-electron chi connectivity index (χ2n) is 7.61. The van der Waals surface area contributed by atoms with Gasteiger partial charge >= 0.3 is 0 Å². The third-order valence-electron chi connectivity index (χ3n) is 5.60. The van der Waals surface area contributed by atoms with Crippen LogP contribution in [-0.2, 0) is 6.54 Å². The van der Waals surface area contributed by atoms with E-state index in [1.807, 2.05) is 19.9 Å². The summed E-state index contributed by atoms with van der Waals surface area (Å²) >= 11 is 0. The molecule has 1 aliphatic rings. The van der Waals surface area contributed by atoms with E-state index in [0.717, 1.165) is 61.0 Å². The van der Waals surface area contributed by atoms with Gasteiger partial charge in [0, 0.05) is 73.7 Å². The second kappa shape index (κ2) is 7.89. The van der Waals surface area contributed by atoms with E-state index >= 15 is 0 Å². The summed E-state index contributed by atoms with van der Waals surface area (Å²) in [6.45, 7) is 11.3. The van der Waals surface area contributed by atoms with Gasteiger partial charge in [-0.3, -0.25) is 4.90 Å². The summed E-state index contributed by atoms with van der Waals surface area (Å²) in [5.41, 5.74) is 3.23. The predicted octanol–water partition coefficient (Wildman–Crippen LogP) is 2.92. The van der Waals surface area contributed by atoms with Crippen molar-refractivity contribution in [2.75, 3.05) is 37.6 Å². The first kappa shape index (κ1) is 18.9. The monoisotopic (exact) mass is 379 g/mol. The summed E-state index contributed by atoms with van der Waals surface area (Å²) in [6.07, 6.45) is 1.63. The fraction of sp³-hybridized carbons (Fsp3) is 0.455. The van der Waals surface area contributed by atoms with Crippen molar-refractivity contribution >= 4 is 16.7 Å². The summed E-state index contributed by atoms with van der Waals surface area (Å²) in [7, 11) is 0. The van der Waals surface area contributed by atoms with Crippen LogP contribution in [-0.4, -0.2) is 57.3 Å². The molecule has 2 aromatic heterocycles. The molecule has 1 saturated heterocycles. The van der Waals surface area contributed by atoms with Crippen molar-refractivity contribution in [3.8, 4) is 0 Å². The number of piperazine rings is 1. The van der Waals surface area contributed by atoms with E-state index in [-0.39, 0.29) is 0 Å². The van der Waals surface area contributed by atoms with Gasteiger partial charge in [-0.1, -0.05) is 18.2 Å². The van der Waals surface area contributed by atoms with Gasteiger partial charge in [0.15, 0.2) is 0 Å². The molecule has 6 heteroatoms. The first-order chi connectivity index (χ1) is 13.5. The molecule has 28 heavy (non-hydrogen) atoms. The molecule has 1 aromatic carbocycles. The normalized spacial score (nSPS) is 16.6. The Labute approximate surface area is 166 Å². The Balaban J connectivity index is 1.42. The van der Waals surface area contributed by atoms with Crippen molar-refractivity contribution in [3.63, 3.8) is 0 Å². The number of anilines is 1. The molecule has 1 fully saturated rings. The van der Waals surface area contributed by atoms with Gasteiger partial charge in [0.25, 0.3) is 0 Å². The van der Waals surface area contributed by atoms with Gasteiger partial charge in [0.1, 0.15) is 11.6 Å². The number of hydrogen-bond donors (Lipinski definition) is 1. The van der Waals surface area contributed by atoms with Crippen LogP contribution in [0.25, 0.3) is 10.9 Å². The highest BCUT2D eigenvalue weighted by Gasteiger charge is 2.23. The zero-order valence-electron chi connectivity index (χ0n) is 17.0. The standard InChI is InChI=1S/C22H29N5O/c1-4-26-14-19(18-7-5-6-8-20(18)26)21(28)15-25-9-11-27(12-10-25)22-13-16(2)23-17(3)24-22/h5-8,13-14,21,28H,4,9-12,15H2,1-3H3/t21-/m0/s1. The SMILES string of the molecule is CCn1cc([C@@H](O)CN2CCN(c3cc(C)nc(C)n3)CC2)c2ccccc21. The Bertz CT molecular complexity index is 938. The second-order valence-corrected chi connectivity index (χ2v) is 7.61. The molecule has 1 N–H and O–H groups in total. The van der Waals surface area contributed by atoms with Crippen molar-refractivity contribution in [3.05, 3.63) is 53.6 Å². The van der Waals surface area contributed by atoms with E-state index in [2.05, 4.69) is 61.7 Å². The predicted molar refractivity (Wildman–Crippen MR) is 113 cm³/mol. The number of β-amino-alcohol motifs (C(OH)–C–C–N with tert-alkyl or cyclic N) is 1. The zero-order chi connectivity index (χ0) is 19.7. The van der Waals surface area contributed by atoms with Crippen molar-refractivity contribution in [2.24, 2.45) is 0 Å². The topological polar surface area (TPSA) is 57.4 Å². The van der Waals surface area contributed by atoms with Gasteiger partial charge < -0.3 is 14.6 Å². The van der Waals surface area contributed by atoms with E-state index in [9.17, 15) is 5.11 Å². The number of benzene rings is 1. The summed E-state index contributed by atoms with van der Waals surface area (Å²) < 4.78 is 2.21. The van der Waals surface area contributed by atoms with E-state index in [0.29, 0.717) is 6.54 Å². The first-order valence-corrected chi connectivity index (χ1v) is 10.1. The van der Waals surface area contributed by atoms with Crippen molar-refractivity contribution < 1.29 is 5.11 Å². The third-order valence-corrected chi connectivity index (χ3v) is 5.60. The number of nitrogens with zero attached hydrogens (tertiary/aromatic N) is 5. The van der Waals surface area contributed by atoms with Crippen LogP contribution < -0.4 is 4.90 Å². The molecule has 0 radical (unpaired) electrons. The number of aliphatic hydroxyl groups is 1. The highest BCUT2D eigenvalue weighted by Crippen LogP contribution is 2.27. The molecule has 0 saturated carbocycles. The Morgan fingerprint density at radius 2 is 1.82 bits per heavy atom. The fourth-order valence-corrected chi connectivity index (χ4v) is 4.16. The van der Waals surface area contributed by atoms with Gasteiger partial charge in [-0.2, -0.15) is 0 Å². The Kier molecular flexibility index (Phi) is 5.33. The summed E-state index contributed by atoms with van der Waals surface area (Å²) in [5, 5.41) is 12.1. The van der Waals surface area contributed by atoms with Crippen LogP contribution in [0.3, 0.4) is 0 Å². The Morgan fingerprint density at radius 1 is 1.07 bits per heavy atom. The van der Waals surface area contributed by atoms with Crippen molar-refractivity contribution in [2.45, 2.75) is 33.4 Å². The van der Waals surface area contributed by atoms with Crippen LogP contribution in [0.2, 0.25) is 0 Å². The molecular formula is C22H29N5O. The summed E-state index contributed by atoms with van der Waals surface area (Å²) in [4.78, 5) is 13.6. The van der Waals surface area contributed by atoms with Crippen LogP contribution >= 0.6 is 0 Å². The maximum absolute atomic E-state index is 10.9. The smallest absolute Gasteiger partial charge is 0.132 e. The molecule has 0 amide bonds. The molecule has 148 valence electrons. The zero-order valence-corrected chi connectivity index (χ0v) is 17.0. The lowest BCUT2D eigenvalue weighted by molar-refractivity contribution is 0.110. The highest BCUT2D eigenvalue weighted by molar-refractivity contribution is 5.84. The molecule has 1 atom stereocenters. The number of hydrogen-bond acceptors (Lipinski definition) is 5. The molecule has 3 heterocycles. The maximum atomic E-state index is 10.9. The number of fused-ring (bicyclic) bond motifs is 1. The lowest BCUT2D eigenvalue weighted by Gasteiger charge is -2.36. The minimum atomic E-state index is -0.479. The van der Waals surface area contributed by atoms with Gasteiger partial charge in [-0.25, -0.2) is 9.97 Å². The first-order valence-electron chi connectivity index (χ1n) is 10.1. The largest absolute Gasteiger partial charge is 0.387 e. The molecule has 0 unspecified atom stereocenters. The van der Waals surface area contributed by atoms with Gasteiger partial charge in [-0.15, -0.1) is 0 Å². The maximum Gasteiger partial charge on any atom is 0.132 e. The van der Waals surface area contributed by atoms with Gasteiger partial charge in [0.2, 0.25) is 0 Å². The van der Waals surface area contributed by atoms with E-state index in [1.165, 1.54) is 5.52 Å². The molecule has 0 bridgehead atoms. The fourth-order valence-electron chi connectivity index (χ4n) is 4.16. The molecule has 0 aliphatic carbocycles. The third kappa shape index (κ3) is 3.75. The average Bonchev–Trinajstić information content (AvgIpc) is 3.07. The minimum absolute atomic E-state index is 0.479. The molecule has 1 aliphatic heterocycles. The number of para-hydroxylation sites is 1. The van der Waals surface area contributed by atoms with Crippen LogP contribution in [0.15, 0.2) is 36.5 Å². The lowest BCUT2D eigenvalue weighted by atomic mass is 10.1. The van der Waals surface area contributed by atoms with Crippen molar-refractivity contribution in [1.29, 1.82) is 0 Å². The summed E-state index contributed by atoms with van der Waals surface area (Å²) in [6, 6.07) is 10.4. The lowest BCUT2D eigenvalue weighted by Crippen LogP contribution is -2.47. The molecule has 4 rings (SSSR count). The highest BCUT2D eigenvalue weighted by atomic mass is 16.3. The summed E-state index contributed by atoms with van der Waals surface area (Å²) in [5.74, 6) is 1.83. The van der Waals surface area contributed by atoms with Crippen LogP contribution in [0.4, 0.5) is 5.82 Å². The number of rotatable bonds is 5. The van der Waals surface area contributed by atoms with Crippen LogP contribution in [0.5, 0.6) is 0 Å². The number of aromatic nitrogens is 3.